The van der Waals surface area contributed by atoms with Gasteiger partial charge in [-0.1, -0.05) is 18.2 Å². The summed E-state index contributed by atoms with van der Waals surface area (Å²) in [7, 11) is -3.43. The molecule has 3 rings (SSSR count). The predicted molar refractivity (Wildman–Crippen MR) is 93.7 cm³/mol. The lowest BCUT2D eigenvalue weighted by Gasteiger charge is -2.15. The second-order valence-electron chi connectivity index (χ2n) is 5.78. The maximum absolute atomic E-state index is 12.5. The molecule has 1 aliphatic heterocycles. The Morgan fingerprint density at radius 3 is 2.21 bits per heavy atom. The van der Waals surface area contributed by atoms with Crippen LogP contribution in [0.4, 0.5) is 5.69 Å². The van der Waals surface area contributed by atoms with E-state index in [9.17, 15) is 13.2 Å². The van der Waals surface area contributed by atoms with Crippen LogP contribution in [0.5, 0.6) is 0 Å². The number of sulfonamides is 1. The first-order valence-electron chi connectivity index (χ1n) is 8.00. The lowest BCUT2D eigenvalue weighted by atomic mass is 10.1. The molecule has 2 aromatic carbocycles. The molecule has 2 aromatic rings. The van der Waals surface area contributed by atoms with Crippen molar-refractivity contribution in [3.63, 3.8) is 0 Å². The predicted octanol–water partition coefficient (Wildman–Crippen LogP) is 2.77. The Labute approximate surface area is 142 Å². The number of Topliss-reactive ketones (excluding diaryl/α,β-unsaturated/α-hetero) is 1. The molecule has 1 heterocycles. The van der Waals surface area contributed by atoms with Gasteiger partial charge in [0.05, 0.1) is 11.4 Å². The summed E-state index contributed by atoms with van der Waals surface area (Å²) in [6.45, 7) is 1.32. The number of benzene rings is 2. The van der Waals surface area contributed by atoms with Gasteiger partial charge in [0.25, 0.3) is 0 Å². The Balaban J connectivity index is 1.66. The molecule has 0 unspecified atom stereocenters. The van der Waals surface area contributed by atoms with Gasteiger partial charge in [0, 0.05) is 24.3 Å². The molecule has 24 heavy (non-hydrogen) atoms. The smallest absolute Gasteiger partial charge is 0.243 e. The minimum absolute atomic E-state index is 0.0797. The zero-order valence-corrected chi connectivity index (χ0v) is 14.1. The molecule has 5 nitrogen and oxygen atoms in total. The van der Waals surface area contributed by atoms with Gasteiger partial charge in [0.15, 0.2) is 5.78 Å². The Hall–Kier alpha value is -2.18. The molecule has 0 saturated carbocycles. The fraction of sp³-hybridized carbons (Fsp3) is 0.278. The van der Waals surface area contributed by atoms with E-state index < -0.39 is 10.0 Å². The molecule has 0 atom stereocenters. The van der Waals surface area contributed by atoms with Crippen LogP contribution in [-0.4, -0.2) is 38.1 Å². The largest absolute Gasteiger partial charge is 0.378 e. The van der Waals surface area contributed by atoms with Crippen molar-refractivity contribution in [2.45, 2.75) is 17.7 Å². The Morgan fingerprint density at radius 2 is 1.58 bits per heavy atom. The molecule has 1 N–H and O–H groups in total. The zero-order chi connectivity index (χ0) is 17.0. The maximum Gasteiger partial charge on any atom is 0.243 e. The van der Waals surface area contributed by atoms with E-state index in [1.54, 1.807) is 12.1 Å². The highest BCUT2D eigenvalue weighted by molar-refractivity contribution is 7.89. The SMILES string of the molecule is O=C(CNc1ccccc1)c1ccc(S(=O)(=O)N2CCCC2)cc1. The van der Waals surface area contributed by atoms with Gasteiger partial charge in [-0.2, -0.15) is 4.31 Å². The topological polar surface area (TPSA) is 66.5 Å². The highest BCUT2D eigenvalue weighted by atomic mass is 32.2. The first-order valence-corrected chi connectivity index (χ1v) is 9.44. The number of carbonyl (C=O) groups is 1. The van der Waals surface area contributed by atoms with Crippen LogP contribution in [0.25, 0.3) is 0 Å². The normalized spacial score (nSPS) is 15.3. The van der Waals surface area contributed by atoms with Crippen LogP contribution in [0.2, 0.25) is 0 Å². The van der Waals surface area contributed by atoms with Crippen LogP contribution in [0.3, 0.4) is 0 Å². The summed E-state index contributed by atoms with van der Waals surface area (Å²) in [6.07, 6.45) is 1.81. The Kier molecular flexibility index (Phi) is 4.97. The van der Waals surface area contributed by atoms with Crippen LogP contribution in [0.1, 0.15) is 23.2 Å². The Morgan fingerprint density at radius 1 is 0.958 bits per heavy atom. The minimum Gasteiger partial charge on any atom is -0.378 e. The molecule has 0 radical (unpaired) electrons. The van der Waals surface area contributed by atoms with E-state index in [0.29, 0.717) is 18.7 Å². The molecule has 1 saturated heterocycles. The van der Waals surface area contributed by atoms with Crippen LogP contribution >= 0.6 is 0 Å². The standard InChI is InChI=1S/C18H20N2O3S/c21-18(14-19-16-6-2-1-3-7-16)15-8-10-17(11-9-15)24(22,23)20-12-4-5-13-20/h1-3,6-11,19H,4-5,12-14H2. The fourth-order valence-corrected chi connectivity index (χ4v) is 4.25. The van der Waals surface area contributed by atoms with Gasteiger partial charge in [0.1, 0.15) is 0 Å². The van der Waals surface area contributed by atoms with Crippen molar-refractivity contribution in [3.05, 3.63) is 60.2 Å². The average Bonchev–Trinajstić information content (AvgIpc) is 3.16. The lowest BCUT2D eigenvalue weighted by Crippen LogP contribution is -2.27. The molecule has 1 aliphatic rings. The van der Waals surface area contributed by atoms with Crippen molar-refractivity contribution in [2.24, 2.45) is 0 Å². The summed E-state index contributed by atoms with van der Waals surface area (Å²) in [4.78, 5) is 12.5. The third kappa shape index (κ3) is 3.66. The maximum atomic E-state index is 12.5. The molecule has 0 bridgehead atoms. The summed E-state index contributed by atoms with van der Waals surface area (Å²) >= 11 is 0. The van der Waals surface area contributed by atoms with E-state index >= 15 is 0 Å². The van der Waals surface area contributed by atoms with E-state index in [0.717, 1.165) is 18.5 Å². The minimum atomic E-state index is -3.43. The number of para-hydroxylation sites is 1. The summed E-state index contributed by atoms with van der Waals surface area (Å²) < 4.78 is 26.4. The molecule has 126 valence electrons. The summed E-state index contributed by atoms with van der Waals surface area (Å²) in [5, 5.41) is 3.06. The van der Waals surface area contributed by atoms with Crippen molar-refractivity contribution in [1.82, 2.24) is 4.31 Å². The molecular weight excluding hydrogens is 324 g/mol. The number of ketones is 1. The monoisotopic (exact) mass is 344 g/mol. The van der Waals surface area contributed by atoms with Crippen LogP contribution in [0.15, 0.2) is 59.5 Å². The lowest BCUT2D eigenvalue weighted by molar-refractivity contribution is 0.101. The van der Waals surface area contributed by atoms with Gasteiger partial charge in [-0.05, 0) is 49.2 Å². The second-order valence-corrected chi connectivity index (χ2v) is 7.72. The summed E-state index contributed by atoms with van der Waals surface area (Å²) in [5.41, 5.74) is 1.37. The van der Waals surface area contributed by atoms with Crippen LogP contribution in [0, 0.1) is 0 Å². The fourth-order valence-electron chi connectivity index (χ4n) is 2.73. The van der Waals surface area contributed by atoms with E-state index in [-0.39, 0.29) is 17.2 Å². The van der Waals surface area contributed by atoms with Crippen LogP contribution in [-0.2, 0) is 10.0 Å². The molecule has 0 aromatic heterocycles. The quantitative estimate of drug-likeness (QED) is 0.818. The molecule has 1 fully saturated rings. The van der Waals surface area contributed by atoms with Crippen molar-refractivity contribution in [3.8, 4) is 0 Å². The summed E-state index contributed by atoms with van der Waals surface area (Å²) in [5.74, 6) is -0.0797. The van der Waals surface area contributed by atoms with Gasteiger partial charge < -0.3 is 5.32 Å². The van der Waals surface area contributed by atoms with E-state index in [4.69, 9.17) is 0 Å². The van der Waals surface area contributed by atoms with Gasteiger partial charge >= 0.3 is 0 Å². The number of hydrogen-bond acceptors (Lipinski definition) is 4. The third-order valence-corrected chi connectivity index (χ3v) is 6.02. The van der Waals surface area contributed by atoms with Crippen molar-refractivity contribution >= 4 is 21.5 Å². The van der Waals surface area contributed by atoms with Crippen molar-refractivity contribution in [1.29, 1.82) is 0 Å². The molecule has 0 amide bonds. The number of rotatable bonds is 6. The van der Waals surface area contributed by atoms with Crippen LogP contribution < -0.4 is 5.32 Å². The first-order chi connectivity index (χ1) is 11.6. The molecule has 6 heteroatoms. The van der Waals surface area contributed by atoms with Gasteiger partial charge in [-0.15, -0.1) is 0 Å². The highest BCUT2D eigenvalue weighted by Crippen LogP contribution is 2.21. The van der Waals surface area contributed by atoms with Crippen molar-refractivity contribution < 1.29 is 13.2 Å². The number of anilines is 1. The zero-order valence-electron chi connectivity index (χ0n) is 13.3. The second kappa shape index (κ2) is 7.15. The number of hydrogen-bond donors (Lipinski definition) is 1. The van der Waals surface area contributed by atoms with E-state index in [2.05, 4.69) is 5.32 Å². The first kappa shape index (κ1) is 16.7. The number of carbonyl (C=O) groups excluding carboxylic acids is 1. The highest BCUT2D eigenvalue weighted by Gasteiger charge is 2.27. The van der Waals surface area contributed by atoms with E-state index in [1.165, 1.54) is 16.4 Å². The van der Waals surface area contributed by atoms with Crippen molar-refractivity contribution in [2.75, 3.05) is 25.0 Å². The molecular formula is C18H20N2O3S. The van der Waals surface area contributed by atoms with Gasteiger partial charge in [-0.25, -0.2) is 8.42 Å². The molecule has 0 aliphatic carbocycles. The Bertz CT molecular complexity index is 796. The van der Waals surface area contributed by atoms with Gasteiger partial charge in [0.2, 0.25) is 10.0 Å². The molecule has 0 spiro atoms. The average molecular weight is 344 g/mol. The number of nitrogens with one attached hydrogen (secondary N) is 1. The number of nitrogens with zero attached hydrogens (tertiary/aromatic N) is 1. The third-order valence-electron chi connectivity index (χ3n) is 4.11. The van der Waals surface area contributed by atoms with E-state index in [1.807, 2.05) is 30.3 Å². The van der Waals surface area contributed by atoms with Gasteiger partial charge in [-0.3, -0.25) is 4.79 Å². The summed E-state index contributed by atoms with van der Waals surface area (Å²) in [6, 6.07) is 15.7.